The summed E-state index contributed by atoms with van der Waals surface area (Å²) in [4.78, 5) is 18.5. The number of carbonyl (C=O) groups is 1. The summed E-state index contributed by atoms with van der Waals surface area (Å²) in [5.41, 5.74) is 0.347. The lowest BCUT2D eigenvalue weighted by molar-refractivity contribution is -0.360. The highest BCUT2D eigenvalue weighted by Crippen LogP contribution is 2.37. The van der Waals surface area contributed by atoms with Crippen molar-refractivity contribution in [2.24, 2.45) is 0 Å². The van der Waals surface area contributed by atoms with Crippen molar-refractivity contribution in [2.75, 3.05) is 23.3 Å². The number of β-amino-alcohol motifs (C(OH)–C–C–N with tert-alkyl or cyclic N) is 1. The van der Waals surface area contributed by atoms with Gasteiger partial charge >= 0.3 is 12.3 Å². The average molecular weight is 496 g/mol. The van der Waals surface area contributed by atoms with Gasteiger partial charge in [0.15, 0.2) is 0 Å². The molecule has 2 N–H and O–H groups in total. The Morgan fingerprint density at radius 3 is 2.43 bits per heavy atom. The molecule has 162 valence electrons. The van der Waals surface area contributed by atoms with Gasteiger partial charge in [-0.3, -0.25) is 4.79 Å². The summed E-state index contributed by atoms with van der Waals surface area (Å²) in [6, 6.07) is 5.55. The van der Waals surface area contributed by atoms with Crippen LogP contribution in [-0.2, 0) is 0 Å². The summed E-state index contributed by atoms with van der Waals surface area (Å²) in [7, 11) is 0. The number of halogens is 6. The molecular weight excluding hydrogens is 481 g/mol. The zero-order valence-corrected chi connectivity index (χ0v) is 16.7. The van der Waals surface area contributed by atoms with E-state index >= 15 is 0 Å². The minimum atomic E-state index is -5.85. The number of carbonyl (C=O) groups excluding carboxylic acids is 1. The van der Waals surface area contributed by atoms with E-state index in [9.17, 15) is 31.9 Å². The number of nitrogens with zero attached hydrogens (tertiary/aromatic N) is 2. The van der Waals surface area contributed by atoms with Crippen molar-refractivity contribution < 1.29 is 36.6 Å². The van der Waals surface area contributed by atoms with E-state index in [1.807, 2.05) is 4.90 Å². The Balaban J connectivity index is 1.65. The molecule has 1 aliphatic rings. The summed E-state index contributed by atoms with van der Waals surface area (Å²) in [5.74, 6) is -0.697. The number of alkyl halides is 5. The second-order valence-corrected chi connectivity index (χ2v) is 7.37. The maximum absolute atomic E-state index is 12.9. The molecule has 0 bridgehead atoms. The number of aromatic nitrogens is 1. The standard InChI is InChI=1S/C18H15BrF5N3O3/c19-14-7-10(8-25-15(14)27-6-5-12(28)9-27)16(29)26-11-1-3-13(4-2-11)30-18(23,24)17(20,21)22/h1-4,7-8,12,28H,5-6,9H2,(H,26,29)/t12-/m1/s1. The number of pyridine rings is 1. The van der Waals surface area contributed by atoms with Crippen LogP contribution in [0.5, 0.6) is 5.75 Å². The fraction of sp³-hybridized carbons (Fsp3) is 0.333. The Morgan fingerprint density at radius 1 is 1.23 bits per heavy atom. The molecule has 0 aliphatic carbocycles. The van der Waals surface area contributed by atoms with Crippen LogP contribution in [0.3, 0.4) is 0 Å². The lowest BCUT2D eigenvalue weighted by Crippen LogP contribution is -2.41. The highest BCUT2D eigenvalue weighted by molar-refractivity contribution is 9.10. The normalized spacial score (nSPS) is 17.2. The van der Waals surface area contributed by atoms with E-state index in [0.717, 1.165) is 24.3 Å². The Kier molecular flexibility index (Phi) is 6.18. The third-order valence-corrected chi connectivity index (χ3v) is 4.82. The number of benzene rings is 1. The molecule has 1 amide bonds. The van der Waals surface area contributed by atoms with Gasteiger partial charge in [-0.2, -0.15) is 22.0 Å². The van der Waals surface area contributed by atoms with Crippen LogP contribution in [0.15, 0.2) is 41.0 Å². The molecule has 0 radical (unpaired) electrons. The van der Waals surface area contributed by atoms with Crippen molar-refractivity contribution in [3.63, 3.8) is 0 Å². The van der Waals surface area contributed by atoms with Crippen LogP contribution in [0, 0.1) is 0 Å². The first-order chi connectivity index (χ1) is 14.0. The van der Waals surface area contributed by atoms with Crippen molar-refractivity contribution >= 4 is 33.3 Å². The zero-order valence-electron chi connectivity index (χ0n) is 15.1. The first-order valence-electron chi connectivity index (χ1n) is 8.60. The Labute approximate surface area is 175 Å². The summed E-state index contributed by atoms with van der Waals surface area (Å²) in [6.07, 6.45) is -9.67. The summed E-state index contributed by atoms with van der Waals surface area (Å²) < 4.78 is 66.6. The molecule has 0 saturated carbocycles. The Bertz CT molecular complexity index is 924. The van der Waals surface area contributed by atoms with Crippen LogP contribution >= 0.6 is 15.9 Å². The molecule has 1 aromatic heterocycles. The lowest BCUT2D eigenvalue weighted by atomic mass is 10.2. The molecule has 1 fully saturated rings. The van der Waals surface area contributed by atoms with Crippen molar-refractivity contribution in [3.8, 4) is 5.75 Å². The second-order valence-electron chi connectivity index (χ2n) is 6.51. The summed E-state index contributed by atoms with van der Waals surface area (Å²) >= 11 is 3.34. The van der Waals surface area contributed by atoms with Gasteiger partial charge in [-0.05, 0) is 52.7 Å². The van der Waals surface area contributed by atoms with Crippen LogP contribution < -0.4 is 15.0 Å². The molecule has 1 saturated heterocycles. The number of hydrogen-bond donors (Lipinski definition) is 2. The fourth-order valence-corrected chi connectivity index (χ4v) is 3.34. The minimum absolute atomic E-state index is 0.158. The van der Waals surface area contributed by atoms with Crippen LogP contribution in [0.2, 0.25) is 0 Å². The van der Waals surface area contributed by atoms with E-state index in [2.05, 4.69) is 31.0 Å². The Morgan fingerprint density at radius 2 is 1.90 bits per heavy atom. The van der Waals surface area contributed by atoms with Gasteiger partial charge in [-0.25, -0.2) is 4.98 Å². The Hall–Kier alpha value is -2.47. The van der Waals surface area contributed by atoms with Gasteiger partial charge in [0.2, 0.25) is 0 Å². The molecule has 6 nitrogen and oxygen atoms in total. The molecule has 0 unspecified atom stereocenters. The van der Waals surface area contributed by atoms with Crippen molar-refractivity contribution in [2.45, 2.75) is 24.8 Å². The molecule has 2 heterocycles. The van der Waals surface area contributed by atoms with Crippen LogP contribution in [0.1, 0.15) is 16.8 Å². The monoisotopic (exact) mass is 495 g/mol. The molecule has 3 rings (SSSR count). The van der Waals surface area contributed by atoms with Gasteiger partial charge < -0.3 is 20.1 Å². The molecule has 12 heteroatoms. The van der Waals surface area contributed by atoms with Crippen LogP contribution in [0.4, 0.5) is 33.5 Å². The van der Waals surface area contributed by atoms with E-state index in [4.69, 9.17) is 0 Å². The summed E-state index contributed by atoms with van der Waals surface area (Å²) in [5, 5.41) is 12.1. The average Bonchev–Trinajstić information content (AvgIpc) is 3.08. The number of hydrogen-bond acceptors (Lipinski definition) is 5. The van der Waals surface area contributed by atoms with E-state index in [1.54, 1.807) is 0 Å². The highest BCUT2D eigenvalue weighted by atomic mass is 79.9. The molecule has 30 heavy (non-hydrogen) atoms. The van der Waals surface area contributed by atoms with E-state index < -0.39 is 30.0 Å². The minimum Gasteiger partial charge on any atom is -0.426 e. The van der Waals surface area contributed by atoms with Crippen molar-refractivity contribution in [1.82, 2.24) is 4.98 Å². The molecule has 1 atom stereocenters. The molecule has 2 aromatic rings. The third-order valence-electron chi connectivity index (χ3n) is 4.24. The van der Waals surface area contributed by atoms with Crippen LogP contribution in [0.25, 0.3) is 0 Å². The largest absolute Gasteiger partial charge is 0.499 e. The first-order valence-corrected chi connectivity index (χ1v) is 9.39. The predicted molar refractivity (Wildman–Crippen MR) is 101 cm³/mol. The number of nitrogens with one attached hydrogen (secondary N) is 1. The fourth-order valence-electron chi connectivity index (χ4n) is 2.74. The van der Waals surface area contributed by atoms with Gasteiger partial charge in [0.25, 0.3) is 5.91 Å². The molecule has 0 spiro atoms. The maximum Gasteiger partial charge on any atom is 0.499 e. The predicted octanol–water partition coefficient (Wildman–Crippen LogP) is 4.20. The quantitative estimate of drug-likeness (QED) is 0.608. The summed E-state index contributed by atoms with van der Waals surface area (Å²) in [6.45, 7) is 1.05. The van der Waals surface area contributed by atoms with Crippen molar-refractivity contribution in [1.29, 1.82) is 0 Å². The lowest BCUT2D eigenvalue weighted by Gasteiger charge is -2.20. The van der Waals surface area contributed by atoms with Crippen molar-refractivity contribution in [3.05, 3.63) is 46.6 Å². The molecule has 1 aromatic carbocycles. The van der Waals surface area contributed by atoms with E-state index in [1.165, 1.54) is 12.3 Å². The van der Waals surface area contributed by atoms with Gasteiger partial charge in [0.05, 0.1) is 16.1 Å². The number of aliphatic hydroxyl groups excluding tert-OH is 1. The van der Waals surface area contributed by atoms with Gasteiger partial charge in [-0.15, -0.1) is 0 Å². The molecular formula is C18H15BrF5N3O3. The number of anilines is 2. The van der Waals surface area contributed by atoms with Gasteiger partial charge in [0, 0.05) is 25.0 Å². The van der Waals surface area contributed by atoms with Crippen LogP contribution in [-0.4, -0.2) is 47.5 Å². The molecule has 1 aliphatic heterocycles. The van der Waals surface area contributed by atoms with Gasteiger partial charge in [0.1, 0.15) is 11.6 Å². The first kappa shape index (κ1) is 22.2. The van der Waals surface area contributed by atoms with E-state index in [-0.39, 0.29) is 11.3 Å². The zero-order chi connectivity index (χ0) is 22.1. The van der Waals surface area contributed by atoms with E-state index in [0.29, 0.717) is 29.8 Å². The SMILES string of the molecule is O=C(Nc1ccc(OC(F)(F)C(F)(F)F)cc1)c1cnc(N2CC[C@@H](O)C2)c(Br)c1. The highest BCUT2D eigenvalue weighted by Gasteiger charge is 2.61. The van der Waals surface area contributed by atoms with Gasteiger partial charge in [-0.1, -0.05) is 0 Å². The smallest absolute Gasteiger partial charge is 0.426 e. The third kappa shape index (κ3) is 4.98. The maximum atomic E-state index is 12.9. The number of rotatable bonds is 5. The topological polar surface area (TPSA) is 74.7 Å². The number of ether oxygens (including phenoxy) is 1. The number of amides is 1. The second kappa shape index (κ2) is 8.34. The number of aliphatic hydroxyl groups is 1.